The zero-order chi connectivity index (χ0) is 28.4. The summed E-state index contributed by atoms with van der Waals surface area (Å²) in [4.78, 5) is 14.3. The lowest BCUT2D eigenvalue weighted by molar-refractivity contribution is -0.106. The third-order valence-corrected chi connectivity index (χ3v) is 6.03. The molecule has 1 amide bonds. The van der Waals surface area contributed by atoms with Crippen LogP contribution in [0.25, 0.3) is 6.08 Å². The van der Waals surface area contributed by atoms with Crippen LogP contribution in [0.3, 0.4) is 0 Å². The van der Waals surface area contributed by atoms with Gasteiger partial charge in [0.05, 0.1) is 6.61 Å². The Bertz CT molecular complexity index is 735. The topological polar surface area (TPSA) is 111 Å². The van der Waals surface area contributed by atoms with Gasteiger partial charge in [0.2, 0.25) is 6.41 Å². The number of likely N-dealkylation sites (N-methyl/N-ethyl adjacent to an activating group) is 1. The maximum atomic E-state index is 9.25. The lowest BCUT2D eigenvalue weighted by Gasteiger charge is -2.35. The molecule has 1 saturated heterocycles. The van der Waals surface area contributed by atoms with E-state index in [0.717, 1.165) is 12.8 Å². The zero-order valence-electron chi connectivity index (χ0n) is 23.5. The normalized spacial score (nSPS) is 14.8. The second-order valence-corrected chi connectivity index (χ2v) is 8.54. The summed E-state index contributed by atoms with van der Waals surface area (Å²) in [5.74, 6) is 0. The van der Waals surface area contributed by atoms with E-state index in [-0.39, 0.29) is 13.2 Å². The number of aliphatic hydroxyl groups excluding tert-OH is 2. The summed E-state index contributed by atoms with van der Waals surface area (Å²) in [5, 5.41) is 24.2. The van der Waals surface area contributed by atoms with Crippen LogP contribution in [0.2, 0.25) is 0 Å². The Hall–Kier alpha value is -1.97. The van der Waals surface area contributed by atoms with Gasteiger partial charge in [0.25, 0.3) is 0 Å². The number of anilines is 1. The van der Waals surface area contributed by atoms with Gasteiger partial charge in [-0.3, -0.25) is 9.93 Å². The number of nitrogens with two attached hydrogens (primary N) is 1. The van der Waals surface area contributed by atoms with Gasteiger partial charge in [-0.15, -0.1) is 12.8 Å². The van der Waals surface area contributed by atoms with Crippen molar-refractivity contribution in [1.29, 1.82) is 0 Å². The Morgan fingerprint density at radius 3 is 2.19 bits per heavy atom. The number of nitrogens with zero attached hydrogens (tertiary/aromatic N) is 2. The number of benzene rings is 1. The fraction of sp³-hybridized carbons (Fsp3) is 0.586. The summed E-state index contributed by atoms with van der Waals surface area (Å²) in [5.41, 5.74) is 4.58. The van der Waals surface area contributed by atoms with E-state index in [2.05, 4.69) is 89.3 Å². The van der Waals surface area contributed by atoms with Crippen LogP contribution in [0.1, 0.15) is 70.4 Å². The van der Waals surface area contributed by atoms with E-state index in [9.17, 15) is 5.11 Å². The van der Waals surface area contributed by atoms with Gasteiger partial charge >= 0.3 is 0 Å². The van der Waals surface area contributed by atoms with Crippen molar-refractivity contribution in [2.45, 2.75) is 65.7 Å². The molecule has 5 N–H and O–H groups in total. The van der Waals surface area contributed by atoms with Crippen LogP contribution >= 0.6 is 12.8 Å². The molecule has 1 saturated carbocycles. The highest BCUT2D eigenvalue weighted by molar-refractivity contribution is 7.77. The first-order chi connectivity index (χ1) is 18.1. The molecule has 1 spiro atoms. The molecule has 1 heterocycles. The summed E-state index contributed by atoms with van der Waals surface area (Å²) < 4.78 is 0. The van der Waals surface area contributed by atoms with Gasteiger partial charge in [-0.2, -0.15) is 0 Å². The molecule has 37 heavy (non-hydrogen) atoms. The van der Waals surface area contributed by atoms with Crippen molar-refractivity contribution in [3.63, 3.8) is 0 Å². The first kappa shape index (κ1) is 37.2. The van der Waals surface area contributed by atoms with Crippen molar-refractivity contribution in [3.05, 3.63) is 47.6 Å². The quantitative estimate of drug-likeness (QED) is 0.127. The third-order valence-electron chi connectivity index (χ3n) is 6.03. The number of carbonyl (C=O) groups excluding carboxylic acids is 1. The molecular weight excluding hydrogens is 484 g/mol. The fourth-order valence-corrected chi connectivity index (χ4v) is 3.80. The Morgan fingerprint density at radius 2 is 1.76 bits per heavy atom. The number of carbonyl (C=O) groups is 1. The van der Waals surface area contributed by atoms with Crippen molar-refractivity contribution in [3.8, 4) is 0 Å². The maximum Gasteiger partial charge on any atom is 0.232 e. The largest absolute Gasteiger partial charge is 0.396 e. The molecule has 1 aliphatic carbocycles. The highest BCUT2D eigenvalue weighted by atomic mass is 32.1. The van der Waals surface area contributed by atoms with Crippen LogP contribution in [0.15, 0.2) is 41.4 Å². The predicted octanol–water partition coefficient (Wildman–Crippen LogP) is 4.83. The molecule has 7 nitrogen and oxygen atoms in total. The molecule has 2 aliphatic rings. The number of nitrogens with one attached hydrogen (secondary N) is 1. The zero-order valence-corrected chi connectivity index (χ0v) is 24.4. The van der Waals surface area contributed by atoms with Crippen LogP contribution in [-0.2, 0) is 11.2 Å². The number of hydrogen-bond acceptors (Lipinski definition) is 7. The second-order valence-electron chi connectivity index (χ2n) is 8.54. The van der Waals surface area contributed by atoms with E-state index in [0.29, 0.717) is 18.4 Å². The summed E-state index contributed by atoms with van der Waals surface area (Å²) in [6.07, 6.45) is 17.8. The average molecular weight is 537 g/mol. The van der Waals surface area contributed by atoms with Gasteiger partial charge in [0.1, 0.15) is 0 Å². The van der Waals surface area contributed by atoms with Gasteiger partial charge in [-0.1, -0.05) is 63.6 Å². The summed E-state index contributed by atoms with van der Waals surface area (Å²) >= 11 is 3.03. The lowest BCUT2D eigenvalue weighted by atomic mass is 9.92. The number of rotatable bonds is 10. The minimum atomic E-state index is 0.220. The predicted molar refractivity (Wildman–Crippen MR) is 165 cm³/mol. The number of unbranched alkanes of at least 4 members (excludes halogenated alkanes) is 1. The van der Waals surface area contributed by atoms with Crippen LogP contribution in [0.5, 0.6) is 0 Å². The Morgan fingerprint density at radius 1 is 1.14 bits per heavy atom. The van der Waals surface area contributed by atoms with Crippen molar-refractivity contribution < 1.29 is 15.0 Å². The lowest BCUT2D eigenvalue weighted by Crippen LogP contribution is -2.34. The molecule has 1 aliphatic heterocycles. The Labute approximate surface area is 231 Å². The number of aliphatic imine (C=N–C) groups is 1. The van der Waals surface area contributed by atoms with E-state index in [1.165, 1.54) is 62.0 Å². The van der Waals surface area contributed by atoms with Crippen LogP contribution in [0.4, 0.5) is 5.69 Å². The molecular formula is C29H52N4O3S. The monoisotopic (exact) mass is 536 g/mol. The SMILES string of the molecule is C=NC=O.CC.CCC/C=C\C=C\c1ccc(CCO)cc1N1CCC2(CC1)CC2.CNCCO.NS. The molecule has 0 aromatic heterocycles. The smallest absolute Gasteiger partial charge is 0.232 e. The van der Waals surface area contributed by atoms with E-state index >= 15 is 0 Å². The number of hydrogen-bond donors (Lipinski definition) is 5. The molecule has 212 valence electrons. The van der Waals surface area contributed by atoms with E-state index in [1.54, 1.807) is 7.05 Å². The molecule has 2 fully saturated rings. The standard InChI is InChI=1S/C22H31NO.C3H9NO.C2H3NO.C2H6.H3NS/c1-2-3-4-5-6-7-20-9-8-19(10-17-24)18-21(20)23-15-13-22(11-12-22)14-16-23;1-4-2-3-5;1-3-2-4;2*1-2/h4-9,18,24H,2-3,10-17H2,1H3;4-5H,2-3H2,1H3;2H,1H2;1-2H3;2H,1H2/b5-4-,7-6+;;;;. The van der Waals surface area contributed by atoms with E-state index in [1.807, 2.05) is 13.8 Å². The highest BCUT2D eigenvalue weighted by Gasteiger charge is 2.44. The van der Waals surface area contributed by atoms with Crippen LogP contribution in [-0.4, -0.2) is 63.2 Å². The number of aliphatic hydroxyl groups is 2. The van der Waals surface area contributed by atoms with Gasteiger partial charge in [0.15, 0.2) is 0 Å². The number of piperidine rings is 1. The van der Waals surface area contributed by atoms with E-state index < -0.39 is 0 Å². The van der Waals surface area contributed by atoms with Crippen molar-refractivity contribution >= 4 is 37.7 Å². The highest BCUT2D eigenvalue weighted by Crippen LogP contribution is 2.54. The minimum absolute atomic E-state index is 0.220. The third kappa shape index (κ3) is 17.2. The van der Waals surface area contributed by atoms with Crippen molar-refractivity contribution in [2.24, 2.45) is 15.5 Å². The molecule has 3 rings (SSSR count). The first-order valence-electron chi connectivity index (χ1n) is 13.3. The van der Waals surface area contributed by atoms with E-state index in [4.69, 9.17) is 9.90 Å². The average Bonchev–Trinajstić information content (AvgIpc) is 3.71. The Kier molecular flexibility index (Phi) is 25.8. The number of thiol groups is 1. The van der Waals surface area contributed by atoms with Crippen molar-refractivity contribution in [2.75, 3.05) is 44.8 Å². The molecule has 0 unspecified atom stereocenters. The molecule has 1 aromatic carbocycles. The van der Waals surface area contributed by atoms with Crippen molar-refractivity contribution in [1.82, 2.24) is 5.32 Å². The maximum absolute atomic E-state index is 9.25. The number of allylic oxidation sites excluding steroid dienone is 3. The molecule has 1 aromatic rings. The van der Waals surface area contributed by atoms with Gasteiger partial charge in [-0.05, 0) is 74.9 Å². The fourth-order valence-electron chi connectivity index (χ4n) is 3.80. The molecule has 8 heteroatoms. The van der Waals surface area contributed by atoms with Crippen LogP contribution < -0.4 is 15.4 Å². The summed E-state index contributed by atoms with van der Waals surface area (Å²) in [6, 6.07) is 6.66. The molecule has 0 atom stereocenters. The molecule has 0 bridgehead atoms. The minimum Gasteiger partial charge on any atom is -0.396 e. The van der Waals surface area contributed by atoms with Gasteiger partial charge in [0, 0.05) is 31.9 Å². The first-order valence-corrected chi connectivity index (χ1v) is 13.8. The summed E-state index contributed by atoms with van der Waals surface area (Å²) in [7, 11) is 1.80. The van der Waals surface area contributed by atoms with Gasteiger partial charge in [-0.25, -0.2) is 4.99 Å². The van der Waals surface area contributed by atoms with Gasteiger partial charge < -0.3 is 20.4 Å². The molecule has 0 radical (unpaired) electrons. The number of amides is 1. The van der Waals surface area contributed by atoms with Crippen LogP contribution in [0, 0.1) is 5.41 Å². The summed E-state index contributed by atoms with van der Waals surface area (Å²) in [6.45, 7) is 12.6. The second kappa shape index (κ2) is 25.7. The Balaban J connectivity index is 0.